The second-order valence-electron chi connectivity index (χ2n) is 4.52. The van der Waals surface area contributed by atoms with Crippen molar-refractivity contribution in [2.75, 3.05) is 6.61 Å². The van der Waals surface area contributed by atoms with Gasteiger partial charge in [0.05, 0.1) is 6.61 Å². The minimum Gasteiger partial charge on any atom is -0.465 e. The van der Waals surface area contributed by atoms with E-state index in [4.69, 9.17) is 10.5 Å². The van der Waals surface area contributed by atoms with Crippen LogP contribution >= 0.6 is 0 Å². The molecule has 0 saturated heterocycles. The van der Waals surface area contributed by atoms with E-state index in [1.165, 1.54) is 12.8 Å². The zero-order chi connectivity index (χ0) is 13.2. The van der Waals surface area contributed by atoms with Gasteiger partial charge in [-0.25, -0.2) is 0 Å². The van der Waals surface area contributed by atoms with Crippen LogP contribution in [-0.4, -0.2) is 18.6 Å². The molecule has 1 rings (SSSR count). The van der Waals surface area contributed by atoms with Crippen molar-refractivity contribution < 1.29 is 9.53 Å². The lowest BCUT2D eigenvalue weighted by molar-refractivity contribution is -0.145. The maximum absolute atomic E-state index is 11.6. The molecule has 0 saturated carbocycles. The summed E-state index contributed by atoms with van der Waals surface area (Å²) < 4.78 is 5.16. The van der Waals surface area contributed by atoms with E-state index in [-0.39, 0.29) is 5.97 Å². The van der Waals surface area contributed by atoms with Crippen LogP contribution in [0, 0.1) is 0 Å². The normalized spacial score (nSPS) is 12.1. The Balaban J connectivity index is 2.21. The summed E-state index contributed by atoms with van der Waals surface area (Å²) in [6, 6.07) is 9.21. The molecule has 0 amide bonds. The topological polar surface area (TPSA) is 52.3 Å². The number of nitrogens with two attached hydrogens (primary N) is 1. The first-order chi connectivity index (χ1) is 8.74. The van der Waals surface area contributed by atoms with Gasteiger partial charge < -0.3 is 10.5 Å². The van der Waals surface area contributed by atoms with Crippen LogP contribution in [-0.2, 0) is 16.0 Å². The first-order valence-corrected chi connectivity index (χ1v) is 6.70. The molecule has 2 N–H and O–H groups in total. The lowest BCUT2D eigenvalue weighted by atomic mass is 10.1. The van der Waals surface area contributed by atoms with E-state index in [0.717, 1.165) is 18.4 Å². The molecular weight excluding hydrogens is 226 g/mol. The van der Waals surface area contributed by atoms with Crippen LogP contribution in [0.4, 0.5) is 0 Å². The fourth-order valence-corrected chi connectivity index (χ4v) is 1.76. The van der Waals surface area contributed by atoms with Crippen LogP contribution in [0.3, 0.4) is 0 Å². The summed E-state index contributed by atoms with van der Waals surface area (Å²) in [7, 11) is 0. The summed E-state index contributed by atoms with van der Waals surface area (Å²) in [6.07, 6.45) is 4.94. The predicted octanol–water partition coefficient (Wildman–Crippen LogP) is 2.68. The summed E-state index contributed by atoms with van der Waals surface area (Å²) in [5.74, 6) is -0.296. The van der Waals surface area contributed by atoms with Crippen molar-refractivity contribution in [3.05, 3.63) is 35.9 Å². The molecule has 100 valence electrons. The van der Waals surface area contributed by atoms with Crippen LogP contribution in [0.5, 0.6) is 0 Å². The second kappa shape index (κ2) is 8.70. The standard InChI is InChI=1S/C15H23NO2/c1-2-3-4-8-11-18-15(17)14(16)12-13-9-6-5-7-10-13/h5-7,9-10,14H,2-4,8,11-12,16H2,1H3/t14-/m1/s1. The van der Waals surface area contributed by atoms with Gasteiger partial charge in [0.1, 0.15) is 6.04 Å². The molecule has 0 aliphatic heterocycles. The zero-order valence-electron chi connectivity index (χ0n) is 11.1. The second-order valence-corrected chi connectivity index (χ2v) is 4.52. The van der Waals surface area contributed by atoms with E-state index in [9.17, 15) is 4.79 Å². The molecule has 0 bridgehead atoms. The Morgan fingerprint density at radius 3 is 2.61 bits per heavy atom. The molecule has 18 heavy (non-hydrogen) atoms. The van der Waals surface area contributed by atoms with E-state index < -0.39 is 6.04 Å². The number of hydrogen-bond donors (Lipinski definition) is 1. The lowest BCUT2D eigenvalue weighted by Gasteiger charge is -2.11. The number of hydrogen-bond acceptors (Lipinski definition) is 3. The van der Waals surface area contributed by atoms with Gasteiger partial charge in [-0.2, -0.15) is 0 Å². The summed E-state index contributed by atoms with van der Waals surface area (Å²) >= 11 is 0. The largest absolute Gasteiger partial charge is 0.465 e. The Labute approximate surface area is 109 Å². The number of carbonyl (C=O) groups is 1. The summed E-state index contributed by atoms with van der Waals surface area (Å²) in [5.41, 5.74) is 6.88. The molecule has 1 aromatic carbocycles. The zero-order valence-corrected chi connectivity index (χ0v) is 11.1. The summed E-state index contributed by atoms with van der Waals surface area (Å²) in [4.78, 5) is 11.6. The highest BCUT2D eigenvalue weighted by molar-refractivity contribution is 5.75. The first kappa shape index (κ1) is 14.7. The average molecular weight is 249 g/mol. The monoisotopic (exact) mass is 249 g/mol. The lowest BCUT2D eigenvalue weighted by Crippen LogP contribution is -2.34. The average Bonchev–Trinajstić information content (AvgIpc) is 2.39. The minimum absolute atomic E-state index is 0.296. The van der Waals surface area contributed by atoms with Crippen molar-refractivity contribution in [3.8, 4) is 0 Å². The van der Waals surface area contributed by atoms with Crippen LogP contribution in [0.25, 0.3) is 0 Å². The molecule has 0 spiro atoms. The molecule has 0 aromatic heterocycles. The molecule has 3 heteroatoms. The maximum atomic E-state index is 11.6. The van der Waals surface area contributed by atoms with E-state index in [0.29, 0.717) is 13.0 Å². The van der Waals surface area contributed by atoms with Gasteiger partial charge in [0, 0.05) is 0 Å². The van der Waals surface area contributed by atoms with Crippen LogP contribution in [0.1, 0.15) is 38.2 Å². The molecular formula is C15H23NO2. The van der Waals surface area contributed by atoms with Gasteiger partial charge in [-0.3, -0.25) is 4.79 Å². The molecule has 0 unspecified atom stereocenters. The predicted molar refractivity (Wildman–Crippen MR) is 73.2 cm³/mol. The molecule has 1 atom stereocenters. The highest BCUT2D eigenvalue weighted by atomic mass is 16.5. The van der Waals surface area contributed by atoms with Crippen LogP contribution in [0.2, 0.25) is 0 Å². The van der Waals surface area contributed by atoms with Crippen molar-refractivity contribution in [1.82, 2.24) is 0 Å². The van der Waals surface area contributed by atoms with Gasteiger partial charge in [-0.15, -0.1) is 0 Å². The molecule has 0 aliphatic rings. The van der Waals surface area contributed by atoms with Crippen molar-refractivity contribution in [2.24, 2.45) is 5.73 Å². The number of carbonyl (C=O) groups excluding carboxylic acids is 1. The number of ether oxygens (including phenoxy) is 1. The number of benzene rings is 1. The van der Waals surface area contributed by atoms with Gasteiger partial charge in [0.15, 0.2) is 0 Å². The van der Waals surface area contributed by atoms with Gasteiger partial charge in [-0.1, -0.05) is 56.5 Å². The first-order valence-electron chi connectivity index (χ1n) is 6.70. The quantitative estimate of drug-likeness (QED) is 0.569. The molecule has 1 aromatic rings. The van der Waals surface area contributed by atoms with E-state index in [2.05, 4.69) is 6.92 Å². The Kier molecular flexibility index (Phi) is 7.11. The van der Waals surface area contributed by atoms with Gasteiger partial charge >= 0.3 is 5.97 Å². The maximum Gasteiger partial charge on any atom is 0.323 e. The molecule has 0 radical (unpaired) electrons. The third-order valence-corrected chi connectivity index (χ3v) is 2.84. The van der Waals surface area contributed by atoms with Crippen molar-refractivity contribution in [3.63, 3.8) is 0 Å². The smallest absolute Gasteiger partial charge is 0.323 e. The fraction of sp³-hybridized carbons (Fsp3) is 0.533. The van der Waals surface area contributed by atoms with E-state index in [1.807, 2.05) is 30.3 Å². The van der Waals surface area contributed by atoms with E-state index >= 15 is 0 Å². The van der Waals surface area contributed by atoms with Crippen molar-refractivity contribution in [1.29, 1.82) is 0 Å². The number of rotatable bonds is 8. The van der Waals surface area contributed by atoms with Gasteiger partial charge in [0.25, 0.3) is 0 Å². The van der Waals surface area contributed by atoms with Crippen LogP contribution in [0.15, 0.2) is 30.3 Å². The number of unbranched alkanes of at least 4 members (excludes halogenated alkanes) is 3. The highest BCUT2D eigenvalue weighted by Gasteiger charge is 2.15. The van der Waals surface area contributed by atoms with Gasteiger partial charge in [-0.05, 0) is 18.4 Å². The third-order valence-electron chi connectivity index (χ3n) is 2.84. The molecule has 3 nitrogen and oxygen atoms in total. The Bertz CT molecular complexity index is 338. The molecule has 0 aliphatic carbocycles. The van der Waals surface area contributed by atoms with E-state index in [1.54, 1.807) is 0 Å². The number of esters is 1. The Morgan fingerprint density at radius 1 is 1.22 bits per heavy atom. The summed E-state index contributed by atoms with van der Waals surface area (Å²) in [5, 5.41) is 0. The van der Waals surface area contributed by atoms with Crippen molar-refractivity contribution in [2.45, 2.75) is 45.1 Å². The van der Waals surface area contributed by atoms with Gasteiger partial charge in [0.2, 0.25) is 0 Å². The molecule has 0 heterocycles. The SMILES string of the molecule is CCCCCCOC(=O)[C@H](N)Cc1ccccc1. The minimum atomic E-state index is -0.557. The fourth-order valence-electron chi connectivity index (χ4n) is 1.76. The van der Waals surface area contributed by atoms with Crippen molar-refractivity contribution >= 4 is 5.97 Å². The Morgan fingerprint density at radius 2 is 1.94 bits per heavy atom. The summed E-state index contributed by atoms with van der Waals surface area (Å²) in [6.45, 7) is 2.64. The molecule has 0 fully saturated rings. The highest BCUT2D eigenvalue weighted by Crippen LogP contribution is 2.04. The third kappa shape index (κ3) is 5.82. The Hall–Kier alpha value is -1.35. The van der Waals surface area contributed by atoms with Crippen LogP contribution < -0.4 is 5.73 Å².